The monoisotopic (exact) mass is 450 g/mol. The highest BCUT2D eigenvalue weighted by atomic mass is 32.2. The molecule has 0 fully saturated rings. The van der Waals surface area contributed by atoms with Crippen LogP contribution < -0.4 is 9.62 Å². The first-order valence-electron chi connectivity index (χ1n) is 11.0. The predicted octanol–water partition coefficient (Wildman–Crippen LogP) is 5.43. The van der Waals surface area contributed by atoms with Gasteiger partial charge in [-0.25, -0.2) is 8.42 Å². The molecule has 0 aliphatic rings. The number of aryl methyl sites for hydroxylation is 2. The zero-order valence-corrected chi connectivity index (χ0v) is 19.4. The Bertz CT molecular complexity index is 1110. The molecule has 0 saturated carbocycles. The van der Waals surface area contributed by atoms with Gasteiger partial charge in [0.05, 0.1) is 10.6 Å². The molecule has 5 nitrogen and oxygen atoms in total. The van der Waals surface area contributed by atoms with Crippen molar-refractivity contribution in [3.8, 4) is 0 Å². The van der Waals surface area contributed by atoms with Gasteiger partial charge in [0.1, 0.15) is 6.54 Å². The minimum Gasteiger partial charge on any atom is -0.325 e. The van der Waals surface area contributed by atoms with E-state index < -0.39 is 15.9 Å². The molecule has 0 aromatic heterocycles. The fourth-order valence-electron chi connectivity index (χ4n) is 3.40. The highest BCUT2D eigenvalue weighted by Crippen LogP contribution is 2.24. The summed E-state index contributed by atoms with van der Waals surface area (Å²) in [5.74, 6) is -0.398. The molecule has 0 spiro atoms. The van der Waals surface area contributed by atoms with Crippen LogP contribution in [0.25, 0.3) is 0 Å². The largest absolute Gasteiger partial charge is 0.325 e. The van der Waals surface area contributed by atoms with Crippen LogP contribution in [0.3, 0.4) is 0 Å². The zero-order valence-electron chi connectivity index (χ0n) is 18.6. The van der Waals surface area contributed by atoms with Crippen molar-refractivity contribution in [2.45, 2.75) is 44.4 Å². The molecule has 32 heavy (non-hydrogen) atoms. The van der Waals surface area contributed by atoms with E-state index in [4.69, 9.17) is 0 Å². The van der Waals surface area contributed by atoms with Crippen LogP contribution in [0.15, 0.2) is 83.8 Å². The Labute approximate surface area is 191 Å². The molecule has 168 valence electrons. The second kappa shape index (κ2) is 11.0. The number of carbonyl (C=O) groups is 1. The van der Waals surface area contributed by atoms with Gasteiger partial charge < -0.3 is 5.32 Å². The maximum Gasteiger partial charge on any atom is 0.264 e. The van der Waals surface area contributed by atoms with E-state index in [2.05, 4.69) is 12.2 Å². The lowest BCUT2D eigenvalue weighted by atomic mass is 10.1. The van der Waals surface area contributed by atoms with Gasteiger partial charge in [-0.2, -0.15) is 0 Å². The Kier molecular flexibility index (Phi) is 8.06. The van der Waals surface area contributed by atoms with E-state index in [-0.39, 0.29) is 11.4 Å². The summed E-state index contributed by atoms with van der Waals surface area (Å²) in [5, 5.41) is 2.83. The van der Waals surface area contributed by atoms with Crippen molar-refractivity contribution in [1.29, 1.82) is 0 Å². The molecule has 0 atom stereocenters. The summed E-state index contributed by atoms with van der Waals surface area (Å²) >= 11 is 0. The van der Waals surface area contributed by atoms with Gasteiger partial charge in [-0.05, 0) is 66.8 Å². The van der Waals surface area contributed by atoms with Crippen LogP contribution in [0.5, 0.6) is 0 Å². The minimum absolute atomic E-state index is 0.146. The molecule has 3 aromatic rings. The molecule has 0 saturated heterocycles. The summed E-state index contributed by atoms with van der Waals surface area (Å²) in [6.45, 7) is 3.87. The van der Waals surface area contributed by atoms with Gasteiger partial charge in [-0.3, -0.25) is 9.10 Å². The summed E-state index contributed by atoms with van der Waals surface area (Å²) in [6.07, 6.45) is 4.10. The predicted molar refractivity (Wildman–Crippen MR) is 130 cm³/mol. The minimum atomic E-state index is -3.91. The van der Waals surface area contributed by atoms with Crippen molar-refractivity contribution in [2.75, 3.05) is 16.2 Å². The number of benzene rings is 3. The van der Waals surface area contributed by atoms with E-state index in [1.54, 1.807) is 30.3 Å². The third-order valence-corrected chi connectivity index (χ3v) is 7.10. The van der Waals surface area contributed by atoms with Gasteiger partial charge in [-0.15, -0.1) is 0 Å². The van der Waals surface area contributed by atoms with E-state index in [9.17, 15) is 13.2 Å². The van der Waals surface area contributed by atoms with E-state index >= 15 is 0 Å². The van der Waals surface area contributed by atoms with Crippen LogP contribution in [-0.2, 0) is 27.7 Å². The number of rotatable bonds is 10. The molecule has 6 heteroatoms. The fraction of sp³-hybridized carbons (Fsp3) is 0.269. The van der Waals surface area contributed by atoms with Crippen LogP contribution in [0.4, 0.5) is 11.4 Å². The molecule has 3 aromatic carbocycles. The Hall–Kier alpha value is -3.12. The van der Waals surface area contributed by atoms with E-state index in [1.807, 2.05) is 43.3 Å². The van der Waals surface area contributed by atoms with Gasteiger partial charge in [0.15, 0.2) is 0 Å². The molecule has 0 radical (unpaired) electrons. The van der Waals surface area contributed by atoms with Crippen molar-refractivity contribution in [3.05, 3.63) is 90.0 Å². The lowest BCUT2D eigenvalue weighted by Gasteiger charge is -2.24. The summed E-state index contributed by atoms with van der Waals surface area (Å²) in [5.41, 5.74) is 3.41. The summed E-state index contributed by atoms with van der Waals surface area (Å²) in [6, 6.07) is 23.1. The molecular weight excluding hydrogens is 420 g/mol. The summed E-state index contributed by atoms with van der Waals surface area (Å²) < 4.78 is 27.9. The number of hydrogen-bond acceptors (Lipinski definition) is 3. The quantitative estimate of drug-likeness (QED) is 0.448. The van der Waals surface area contributed by atoms with Crippen molar-refractivity contribution >= 4 is 27.3 Å². The number of nitrogens with zero attached hydrogens (tertiary/aromatic N) is 1. The number of nitrogens with one attached hydrogen (secondary N) is 1. The molecular formula is C26H30N2O3S. The average molecular weight is 451 g/mol. The van der Waals surface area contributed by atoms with Gasteiger partial charge in [0, 0.05) is 5.69 Å². The molecule has 0 aliphatic heterocycles. The molecule has 1 N–H and O–H groups in total. The number of hydrogen-bond donors (Lipinski definition) is 1. The van der Waals surface area contributed by atoms with Crippen LogP contribution in [0, 0.1) is 0 Å². The Morgan fingerprint density at radius 2 is 1.47 bits per heavy atom. The molecule has 0 aliphatic carbocycles. The molecule has 0 unspecified atom stereocenters. The van der Waals surface area contributed by atoms with E-state index in [0.29, 0.717) is 11.4 Å². The lowest BCUT2D eigenvalue weighted by molar-refractivity contribution is -0.114. The first kappa shape index (κ1) is 23.5. The Morgan fingerprint density at radius 3 is 2.06 bits per heavy atom. The highest BCUT2D eigenvalue weighted by molar-refractivity contribution is 7.92. The standard InChI is InChI=1S/C26H30N2O3S/c1-3-5-9-22-12-16-23(17-13-22)27-26(29)20-28(24-18-14-21(4-2)15-19-24)32(30,31)25-10-7-6-8-11-25/h6-8,10-19H,3-5,9,20H2,1-2H3,(H,27,29). The number of carbonyl (C=O) groups excluding carboxylic acids is 1. The molecule has 1 amide bonds. The third kappa shape index (κ3) is 5.98. The second-order valence-electron chi connectivity index (χ2n) is 7.69. The summed E-state index contributed by atoms with van der Waals surface area (Å²) in [4.78, 5) is 13.0. The number of unbranched alkanes of at least 4 members (excludes halogenated alkanes) is 1. The molecule has 0 heterocycles. The fourth-order valence-corrected chi connectivity index (χ4v) is 4.84. The van der Waals surface area contributed by atoms with Crippen LogP contribution >= 0.6 is 0 Å². The maximum atomic E-state index is 13.4. The maximum absolute atomic E-state index is 13.4. The van der Waals surface area contributed by atoms with Crippen molar-refractivity contribution in [1.82, 2.24) is 0 Å². The van der Waals surface area contributed by atoms with Crippen LogP contribution in [-0.4, -0.2) is 20.9 Å². The Balaban J connectivity index is 1.82. The smallest absolute Gasteiger partial charge is 0.264 e. The SMILES string of the molecule is CCCCc1ccc(NC(=O)CN(c2ccc(CC)cc2)S(=O)(=O)c2ccccc2)cc1. The summed E-state index contributed by atoms with van der Waals surface area (Å²) in [7, 11) is -3.91. The normalized spacial score (nSPS) is 11.2. The van der Waals surface area contributed by atoms with Crippen LogP contribution in [0.2, 0.25) is 0 Å². The van der Waals surface area contributed by atoms with Crippen molar-refractivity contribution in [2.24, 2.45) is 0 Å². The first-order valence-corrected chi connectivity index (χ1v) is 12.4. The van der Waals surface area contributed by atoms with Gasteiger partial charge >= 0.3 is 0 Å². The van der Waals surface area contributed by atoms with E-state index in [1.165, 1.54) is 17.7 Å². The van der Waals surface area contributed by atoms with Gasteiger partial charge in [0.25, 0.3) is 10.0 Å². The van der Waals surface area contributed by atoms with Crippen molar-refractivity contribution < 1.29 is 13.2 Å². The number of amides is 1. The van der Waals surface area contributed by atoms with Crippen molar-refractivity contribution in [3.63, 3.8) is 0 Å². The highest BCUT2D eigenvalue weighted by Gasteiger charge is 2.27. The number of sulfonamides is 1. The van der Waals surface area contributed by atoms with Gasteiger partial charge in [-0.1, -0.05) is 62.7 Å². The zero-order chi connectivity index (χ0) is 23.0. The van der Waals surface area contributed by atoms with E-state index in [0.717, 1.165) is 35.6 Å². The molecule has 3 rings (SSSR count). The molecule has 0 bridgehead atoms. The second-order valence-corrected chi connectivity index (χ2v) is 9.56. The number of anilines is 2. The lowest BCUT2D eigenvalue weighted by Crippen LogP contribution is -2.38. The van der Waals surface area contributed by atoms with Gasteiger partial charge in [0.2, 0.25) is 5.91 Å². The first-order chi connectivity index (χ1) is 15.4. The third-order valence-electron chi connectivity index (χ3n) is 5.31. The Morgan fingerprint density at radius 1 is 0.844 bits per heavy atom. The van der Waals surface area contributed by atoms with Crippen LogP contribution in [0.1, 0.15) is 37.8 Å². The topological polar surface area (TPSA) is 66.5 Å². The average Bonchev–Trinajstić information content (AvgIpc) is 2.82.